The van der Waals surface area contributed by atoms with E-state index in [1.165, 1.54) is 42.7 Å². The average molecular weight is 895 g/mol. The molecule has 0 unspecified atom stereocenters. The molecule has 2 spiro atoms. The second-order valence-corrected chi connectivity index (χ2v) is 15.0. The third-order valence-corrected chi connectivity index (χ3v) is 11.1. The Kier molecular flexibility index (Phi) is 14.2. The number of esters is 4. The van der Waals surface area contributed by atoms with E-state index in [-0.39, 0.29) is 26.2 Å². The molecule has 2 aromatic heterocycles. The van der Waals surface area contributed by atoms with Gasteiger partial charge in [0.2, 0.25) is 11.5 Å². The van der Waals surface area contributed by atoms with E-state index in [4.69, 9.17) is 47.4 Å². The van der Waals surface area contributed by atoms with E-state index in [9.17, 15) is 19.2 Å². The summed E-state index contributed by atoms with van der Waals surface area (Å²) < 4.78 is 57.4. The van der Waals surface area contributed by atoms with Crippen LogP contribution in [0.2, 0.25) is 0 Å². The first-order valence-corrected chi connectivity index (χ1v) is 20.8. The summed E-state index contributed by atoms with van der Waals surface area (Å²) in [5.41, 5.74) is 4.56. The van der Waals surface area contributed by atoms with Crippen LogP contribution < -0.4 is 28.4 Å². The highest BCUT2D eigenvalue weighted by molar-refractivity contribution is 5.95. The first-order valence-electron chi connectivity index (χ1n) is 20.8. The Hall–Kier alpha value is -7.18. The lowest BCUT2D eigenvalue weighted by Gasteiger charge is -2.50. The number of hydrogen-bond acceptors (Lipinski definition) is 18. The fourth-order valence-corrected chi connectivity index (χ4v) is 8.16. The summed E-state index contributed by atoms with van der Waals surface area (Å²) in [6, 6.07) is 14.8. The van der Waals surface area contributed by atoms with Gasteiger partial charge in [0.25, 0.3) is 0 Å². The van der Waals surface area contributed by atoms with Crippen LogP contribution in [0, 0.1) is 0 Å². The summed E-state index contributed by atoms with van der Waals surface area (Å²) >= 11 is 0. The summed E-state index contributed by atoms with van der Waals surface area (Å²) in [7, 11) is 9.21. The number of aryl methyl sites for hydroxylation is 2. The molecule has 0 radical (unpaired) electrons. The van der Waals surface area contributed by atoms with Crippen molar-refractivity contribution < 1.29 is 66.5 Å². The van der Waals surface area contributed by atoms with Crippen LogP contribution in [0.1, 0.15) is 30.4 Å². The van der Waals surface area contributed by atoms with Crippen LogP contribution in [0.5, 0.6) is 34.5 Å². The number of ether oxygens (including phenoxy) is 10. The Morgan fingerprint density at radius 1 is 0.508 bits per heavy atom. The predicted molar refractivity (Wildman–Crippen MR) is 231 cm³/mol. The zero-order valence-electron chi connectivity index (χ0n) is 37.0. The molecule has 65 heavy (non-hydrogen) atoms. The van der Waals surface area contributed by atoms with Crippen molar-refractivity contribution in [3.63, 3.8) is 0 Å². The highest BCUT2D eigenvalue weighted by atomic mass is 16.8. The SMILES string of the molecule is COc1cc(-c2cc(CCCN3CCCN(CCCc4ccnc(-c5cc(OC)c(OC)c(OC)c5)c4)C4(OC(=O)C=CC(=O)O4)C34OC(=O)C=CC(=O)O4)ccn2)cc(OC)c1OC. The average Bonchev–Trinajstić information content (AvgIpc) is 3.63. The van der Waals surface area contributed by atoms with Gasteiger partial charge >= 0.3 is 35.7 Å². The van der Waals surface area contributed by atoms with Gasteiger partial charge in [0.15, 0.2) is 23.0 Å². The molecule has 2 aromatic carbocycles. The van der Waals surface area contributed by atoms with E-state index in [0.29, 0.717) is 78.0 Å². The Bertz CT molecular complexity index is 2230. The normalized spacial score (nSPS) is 17.0. The molecule has 3 aliphatic heterocycles. The van der Waals surface area contributed by atoms with E-state index < -0.39 is 35.7 Å². The van der Waals surface area contributed by atoms with E-state index in [1.807, 2.05) is 24.3 Å². The number of benzene rings is 2. The molecule has 0 saturated carbocycles. The molecule has 0 N–H and O–H groups in total. The Labute approximate surface area is 375 Å². The summed E-state index contributed by atoms with van der Waals surface area (Å²) in [5.74, 6) is -6.28. The van der Waals surface area contributed by atoms with E-state index in [1.54, 1.807) is 46.5 Å². The van der Waals surface area contributed by atoms with Gasteiger partial charge in [-0.15, -0.1) is 0 Å². The Balaban J connectivity index is 1.17. The van der Waals surface area contributed by atoms with Gasteiger partial charge in [-0.25, -0.2) is 29.0 Å². The number of carbonyl (C=O) groups excluding carboxylic acids is 4. The molecule has 0 bridgehead atoms. The van der Waals surface area contributed by atoms with Gasteiger partial charge in [-0.2, -0.15) is 0 Å². The fraction of sp³-hybridized carbons (Fsp3) is 0.362. The van der Waals surface area contributed by atoms with Crippen molar-refractivity contribution in [1.82, 2.24) is 19.8 Å². The molecule has 3 aliphatic rings. The van der Waals surface area contributed by atoms with Gasteiger partial charge in [0, 0.05) is 74.0 Å². The Morgan fingerprint density at radius 3 is 1.15 bits per heavy atom. The standard InChI is InChI=1S/C47H50N4O14/c1-56-36-26-32(27-37(57-2)44(36)60-5)34-24-30(16-18-48-34)10-7-20-50-22-9-23-51(47(64-42(54)14-15-43(55)65-47)46(50)62-40(52)12-13-41(53)63-46)21-8-11-31-17-19-49-35(25-31)33-28-38(58-3)45(61-6)39(29-33)59-4/h12-19,24-29H,7-11,20-23H2,1-6H3. The van der Waals surface area contributed by atoms with Crippen molar-refractivity contribution in [2.24, 2.45) is 0 Å². The molecule has 1 saturated heterocycles. The summed E-state index contributed by atoms with van der Waals surface area (Å²) in [5, 5.41) is 0. The molecular formula is C47H50N4O14. The van der Waals surface area contributed by atoms with Gasteiger partial charge in [0.05, 0.1) is 54.0 Å². The number of pyridine rings is 2. The highest BCUT2D eigenvalue weighted by Gasteiger charge is 2.73. The summed E-state index contributed by atoms with van der Waals surface area (Å²) in [4.78, 5) is 66.2. The van der Waals surface area contributed by atoms with Crippen LogP contribution in [-0.2, 0) is 51.0 Å². The Morgan fingerprint density at radius 2 is 0.846 bits per heavy atom. The third kappa shape index (κ3) is 9.54. The van der Waals surface area contributed by atoms with Crippen molar-refractivity contribution in [3.05, 3.63) is 96.4 Å². The molecular weight excluding hydrogens is 845 g/mol. The topological polar surface area (TPSA) is 193 Å². The highest BCUT2D eigenvalue weighted by Crippen LogP contribution is 2.45. The van der Waals surface area contributed by atoms with Crippen LogP contribution >= 0.6 is 0 Å². The van der Waals surface area contributed by atoms with E-state index in [0.717, 1.165) is 46.6 Å². The first kappa shape index (κ1) is 45.8. The molecule has 342 valence electrons. The lowest BCUT2D eigenvalue weighted by atomic mass is 10.0. The molecule has 5 heterocycles. The van der Waals surface area contributed by atoms with Crippen molar-refractivity contribution in [2.45, 2.75) is 43.9 Å². The van der Waals surface area contributed by atoms with Gasteiger partial charge in [-0.05, 0) is 91.8 Å². The smallest absolute Gasteiger partial charge is 0.419 e. The van der Waals surface area contributed by atoms with Crippen molar-refractivity contribution in [1.29, 1.82) is 0 Å². The summed E-state index contributed by atoms with van der Waals surface area (Å²) in [6.45, 7) is 0.607. The first-order chi connectivity index (χ1) is 31.5. The summed E-state index contributed by atoms with van der Waals surface area (Å²) in [6.07, 6.45) is 9.20. The maximum Gasteiger partial charge on any atom is 0.419 e. The maximum absolute atomic E-state index is 13.5. The van der Waals surface area contributed by atoms with Crippen molar-refractivity contribution in [3.8, 4) is 57.0 Å². The lowest BCUT2D eigenvalue weighted by molar-refractivity contribution is -0.443. The zero-order chi connectivity index (χ0) is 46.1. The van der Waals surface area contributed by atoms with Gasteiger partial charge in [0.1, 0.15) is 0 Å². The zero-order valence-corrected chi connectivity index (χ0v) is 37.0. The van der Waals surface area contributed by atoms with E-state index in [2.05, 4.69) is 9.97 Å². The molecule has 0 amide bonds. The van der Waals surface area contributed by atoms with Gasteiger partial charge in [-0.1, -0.05) is 0 Å². The minimum atomic E-state index is -2.57. The molecule has 0 aliphatic carbocycles. The maximum atomic E-state index is 13.5. The predicted octanol–water partition coefficient (Wildman–Crippen LogP) is 5.06. The molecule has 0 atom stereocenters. The monoisotopic (exact) mass is 894 g/mol. The van der Waals surface area contributed by atoms with Crippen LogP contribution in [0.15, 0.2) is 85.2 Å². The van der Waals surface area contributed by atoms with Crippen molar-refractivity contribution >= 4 is 23.9 Å². The van der Waals surface area contributed by atoms with E-state index >= 15 is 0 Å². The van der Waals surface area contributed by atoms with Gasteiger partial charge < -0.3 is 47.4 Å². The van der Waals surface area contributed by atoms with Crippen LogP contribution in [0.3, 0.4) is 0 Å². The quantitative estimate of drug-likeness (QED) is 0.136. The second-order valence-electron chi connectivity index (χ2n) is 15.0. The molecule has 1 fully saturated rings. The largest absolute Gasteiger partial charge is 0.493 e. The number of methoxy groups -OCH3 is 6. The van der Waals surface area contributed by atoms with Crippen LogP contribution in [0.4, 0.5) is 0 Å². The molecule has 7 rings (SSSR count). The molecule has 4 aromatic rings. The van der Waals surface area contributed by atoms with Gasteiger partial charge in [-0.3, -0.25) is 9.97 Å². The minimum Gasteiger partial charge on any atom is -0.493 e. The second kappa shape index (κ2) is 20.1. The number of rotatable bonds is 16. The number of aromatic nitrogens is 2. The molecule has 18 nitrogen and oxygen atoms in total. The minimum absolute atomic E-state index is 0.126. The van der Waals surface area contributed by atoms with Crippen LogP contribution in [0.25, 0.3) is 22.5 Å². The number of carbonyl (C=O) groups is 4. The van der Waals surface area contributed by atoms with Crippen LogP contribution in [-0.4, -0.2) is 124 Å². The lowest BCUT2D eigenvalue weighted by Crippen LogP contribution is -2.75. The number of nitrogens with zero attached hydrogens (tertiary/aromatic N) is 4. The number of fused-ring (bicyclic) bond motifs is 1. The third-order valence-electron chi connectivity index (χ3n) is 11.1. The fourth-order valence-electron chi connectivity index (χ4n) is 8.16. The molecule has 18 heteroatoms. The van der Waals surface area contributed by atoms with Crippen molar-refractivity contribution in [2.75, 3.05) is 68.8 Å². The number of hydrogen-bond donors (Lipinski definition) is 0.